The second-order valence-corrected chi connectivity index (χ2v) is 4.71. The van der Waals surface area contributed by atoms with Crippen molar-refractivity contribution in [2.75, 3.05) is 11.4 Å². The Hall–Kier alpha value is -1.35. The van der Waals surface area contributed by atoms with Crippen molar-refractivity contribution in [3.63, 3.8) is 0 Å². The van der Waals surface area contributed by atoms with Crippen LogP contribution in [0.15, 0.2) is 47.2 Å². The highest BCUT2D eigenvalue weighted by molar-refractivity contribution is 9.10. The molecule has 0 saturated carbocycles. The minimum Gasteiger partial charge on any atom is -0.340 e. The van der Waals surface area contributed by atoms with E-state index in [-0.39, 0.29) is 0 Å². The molecule has 2 heterocycles. The van der Waals surface area contributed by atoms with Crippen molar-refractivity contribution in [2.24, 2.45) is 0 Å². The number of hydrogen-bond donors (Lipinski definition) is 0. The zero-order valence-corrected chi connectivity index (χ0v) is 10.3. The molecule has 2 nitrogen and oxygen atoms in total. The number of pyridine rings is 1. The average molecular weight is 275 g/mol. The van der Waals surface area contributed by atoms with Crippen LogP contribution in [0.2, 0.25) is 0 Å². The monoisotopic (exact) mass is 274 g/mol. The first-order valence-electron chi connectivity index (χ1n) is 5.31. The van der Waals surface area contributed by atoms with Crippen LogP contribution in [0.25, 0.3) is 0 Å². The maximum atomic E-state index is 4.10. The topological polar surface area (TPSA) is 16.1 Å². The average Bonchev–Trinajstić information content (AvgIpc) is 2.74. The summed E-state index contributed by atoms with van der Waals surface area (Å²) in [5, 5.41) is 0. The van der Waals surface area contributed by atoms with Gasteiger partial charge in [-0.3, -0.25) is 4.98 Å². The molecule has 1 aliphatic heterocycles. The molecule has 0 spiro atoms. The van der Waals surface area contributed by atoms with Crippen LogP contribution in [-0.2, 0) is 6.42 Å². The highest BCUT2D eigenvalue weighted by Gasteiger charge is 2.20. The number of para-hydroxylation sites is 1. The number of halogens is 1. The van der Waals surface area contributed by atoms with Crippen LogP contribution >= 0.6 is 15.9 Å². The summed E-state index contributed by atoms with van der Waals surface area (Å²) in [5.41, 5.74) is 3.93. The number of aromatic nitrogens is 1. The largest absolute Gasteiger partial charge is 0.340 e. The molecule has 0 fully saturated rings. The molecule has 0 amide bonds. The molecule has 0 atom stereocenters. The second kappa shape index (κ2) is 3.91. The van der Waals surface area contributed by atoms with Gasteiger partial charge in [-0.25, -0.2) is 0 Å². The van der Waals surface area contributed by atoms with Crippen molar-refractivity contribution >= 4 is 27.3 Å². The Labute approximate surface area is 103 Å². The minimum absolute atomic E-state index is 1.04. The van der Waals surface area contributed by atoms with Gasteiger partial charge in [-0.2, -0.15) is 0 Å². The smallest absolute Gasteiger partial charge is 0.0595 e. The van der Waals surface area contributed by atoms with Gasteiger partial charge in [0, 0.05) is 24.6 Å². The molecular weight excluding hydrogens is 264 g/mol. The fourth-order valence-electron chi connectivity index (χ4n) is 2.18. The maximum absolute atomic E-state index is 4.10. The van der Waals surface area contributed by atoms with Gasteiger partial charge in [-0.15, -0.1) is 0 Å². The number of nitrogens with zero attached hydrogens (tertiary/aromatic N) is 2. The molecule has 3 heteroatoms. The van der Waals surface area contributed by atoms with Crippen molar-refractivity contribution in [3.05, 3.63) is 52.8 Å². The van der Waals surface area contributed by atoms with Crippen LogP contribution in [0.5, 0.6) is 0 Å². The third kappa shape index (κ3) is 1.52. The van der Waals surface area contributed by atoms with Crippen molar-refractivity contribution in [2.45, 2.75) is 6.42 Å². The van der Waals surface area contributed by atoms with Crippen LogP contribution in [-0.4, -0.2) is 11.5 Å². The van der Waals surface area contributed by atoms with Gasteiger partial charge in [0.1, 0.15) is 0 Å². The summed E-state index contributed by atoms with van der Waals surface area (Å²) in [7, 11) is 0. The van der Waals surface area contributed by atoms with E-state index in [9.17, 15) is 0 Å². The fraction of sp³-hybridized carbons (Fsp3) is 0.154. The van der Waals surface area contributed by atoms with Gasteiger partial charge in [0.2, 0.25) is 0 Å². The van der Waals surface area contributed by atoms with E-state index < -0.39 is 0 Å². The minimum atomic E-state index is 1.04. The highest BCUT2D eigenvalue weighted by Crippen LogP contribution is 2.37. The van der Waals surface area contributed by atoms with Gasteiger partial charge in [0.15, 0.2) is 0 Å². The normalized spacial score (nSPS) is 13.9. The molecule has 80 valence electrons. The molecule has 0 unspecified atom stereocenters. The molecular formula is C13H11BrN2. The van der Waals surface area contributed by atoms with Gasteiger partial charge < -0.3 is 4.90 Å². The Morgan fingerprint density at radius 1 is 1.12 bits per heavy atom. The van der Waals surface area contributed by atoms with Gasteiger partial charge in [-0.1, -0.05) is 18.2 Å². The number of benzene rings is 1. The molecule has 1 aliphatic rings. The number of anilines is 2. The predicted molar refractivity (Wildman–Crippen MR) is 69.1 cm³/mol. The lowest BCUT2D eigenvalue weighted by Crippen LogP contribution is -2.13. The zero-order valence-electron chi connectivity index (χ0n) is 8.73. The lowest BCUT2D eigenvalue weighted by Gasteiger charge is -2.20. The van der Waals surface area contributed by atoms with Gasteiger partial charge in [0.05, 0.1) is 10.2 Å². The summed E-state index contributed by atoms with van der Waals surface area (Å²) in [4.78, 5) is 6.43. The first-order chi connectivity index (χ1) is 7.86. The molecule has 1 aromatic heterocycles. The summed E-state index contributed by atoms with van der Waals surface area (Å²) >= 11 is 3.55. The molecule has 0 aliphatic carbocycles. The van der Waals surface area contributed by atoms with Crippen LogP contribution in [0, 0.1) is 0 Å². The van der Waals surface area contributed by atoms with Crippen molar-refractivity contribution in [1.82, 2.24) is 4.98 Å². The van der Waals surface area contributed by atoms with Crippen LogP contribution in [0.4, 0.5) is 11.4 Å². The zero-order chi connectivity index (χ0) is 11.0. The maximum Gasteiger partial charge on any atom is 0.0595 e. The predicted octanol–water partition coefficient (Wildman–Crippen LogP) is 3.54. The van der Waals surface area contributed by atoms with Gasteiger partial charge in [-0.05, 0) is 40.0 Å². The van der Waals surface area contributed by atoms with Gasteiger partial charge >= 0.3 is 0 Å². The van der Waals surface area contributed by atoms with Gasteiger partial charge in [0.25, 0.3) is 0 Å². The van der Waals surface area contributed by atoms with Crippen LogP contribution in [0.3, 0.4) is 0 Å². The second-order valence-electron chi connectivity index (χ2n) is 3.86. The Balaban J connectivity index is 2.08. The summed E-state index contributed by atoms with van der Waals surface area (Å²) < 4.78 is 1.05. The lowest BCUT2D eigenvalue weighted by atomic mass is 10.2. The van der Waals surface area contributed by atoms with E-state index in [1.165, 1.54) is 16.9 Å². The quantitative estimate of drug-likeness (QED) is 0.791. The van der Waals surface area contributed by atoms with E-state index in [4.69, 9.17) is 0 Å². The highest BCUT2D eigenvalue weighted by atomic mass is 79.9. The van der Waals surface area contributed by atoms with E-state index >= 15 is 0 Å². The SMILES string of the molecule is Brc1cnccc1N1CCc2ccccc21. The van der Waals surface area contributed by atoms with E-state index in [1.807, 2.05) is 18.5 Å². The van der Waals surface area contributed by atoms with Crippen molar-refractivity contribution < 1.29 is 0 Å². The summed E-state index contributed by atoms with van der Waals surface area (Å²) in [6.45, 7) is 1.04. The first-order valence-corrected chi connectivity index (χ1v) is 6.10. The number of fused-ring (bicyclic) bond motifs is 1. The Morgan fingerprint density at radius 3 is 2.88 bits per heavy atom. The Kier molecular flexibility index (Phi) is 2.40. The molecule has 0 N–H and O–H groups in total. The molecule has 3 rings (SSSR count). The van der Waals surface area contributed by atoms with E-state index in [1.54, 1.807) is 0 Å². The fourth-order valence-corrected chi connectivity index (χ4v) is 2.64. The third-order valence-electron chi connectivity index (χ3n) is 2.93. The molecule has 16 heavy (non-hydrogen) atoms. The molecule has 0 saturated heterocycles. The first kappa shape index (κ1) is 9.85. The number of rotatable bonds is 1. The van der Waals surface area contributed by atoms with Crippen LogP contribution in [0.1, 0.15) is 5.56 Å². The van der Waals surface area contributed by atoms with Crippen LogP contribution < -0.4 is 4.90 Å². The van der Waals surface area contributed by atoms with E-state index in [2.05, 4.69) is 50.1 Å². The Bertz CT molecular complexity index is 525. The van der Waals surface area contributed by atoms with Crippen molar-refractivity contribution in [3.8, 4) is 0 Å². The molecule has 0 radical (unpaired) electrons. The summed E-state index contributed by atoms with van der Waals surface area (Å²) in [6, 6.07) is 10.6. The molecule has 1 aromatic carbocycles. The lowest BCUT2D eigenvalue weighted by molar-refractivity contribution is 0.992. The Morgan fingerprint density at radius 2 is 2.00 bits per heavy atom. The molecule has 0 bridgehead atoms. The summed E-state index contributed by atoms with van der Waals surface area (Å²) in [5.74, 6) is 0. The standard InChI is InChI=1S/C13H11BrN2/c14-11-9-15-7-5-13(11)16-8-6-10-3-1-2-4-12(10)16/h1-5,7,9H,6,8H2. The number of hydrogen-bond acceptors (Lipinski definition) is 2. The van der Waals surface area contributed by atoms with E-state index in [0.29, 0.717) is 0 Å². The summed E-state index contributed by atoms with van der Waals surface area (Å²) in [6.07, 6.45) is 4.79. The van der Waals surface area contributed by atoms with Crippen molar-refractivity contribution in [1.29, 1.82) is 0 Å². The third-order valence-corrected chi connectivity index (χ3v) is 3.54. The van der Waals surface area contributed by atoms with E-state index in [0.717, 1.165) is 17.4 Å². The molecule has 2 aromatic rings.